The fraction of sp³-hybridized carbons (Fsp3) is 0.500. The number of hydrogen-bond donors (Lipinski definition) is 1. The Morgan fingerprint density at radius 3 is 2.87 bits per heavy atom. The zero-order valence-electron chi connectivity index (χ0n) is 13.4. The van der Waals surface area contributed by atoms with Crippen LogP contribution in [0.3, 0.4) is 0 Å². The first-order valence-corrected chi connectivity index (χ1v) is 8.32. The summed E-state index contributed by atoms with van der Waals surface area (Å²) in [6.45, 7) is 2.53. The number of benzene rings is 1. The van der Waals surface area contributed by atoms with Gasteiger partial charge in [-0.05, 0) is 37.5 Å². The first kappa shape index (κ1) is 15.7. The lowest BCUT2D eigenvalue weighted by Gasteiger charge is -2.20. The number of nitrogens with zero attached hydrogens (tertiary/aromatic N) is 1. The van der Waals surface area contributed by atoms with Crippen LogP contribution in [0, 0.1) is 12.8 Å². The second-order valence-electron chi connectivity index (χ2n) is 6.29. The fourth-order valence-corrected chi connectivity index (χ4v) is 3.26. The number of amides is 1. The molecule has 1 aliphatic heterocycles. The molecule has 1 N–H and O–H groups in total. The molecule has 23 heavy (non-hydrogen) atoms. The lowest BCUT2D eigenvalue weighted by Crippen LogP contribution is -2.33. The Hall–Kier alpha value is -2.17. The molecular formula is C18H22N2O3. The van der Waals surface area contributed by atoms with Crippen LogP contribution in [0.5, 0.6) is 0 Å². The predicted octanol–water partition coefficient (Wildman–Crippen LogP) is 2.69. The average molecular weight is 314 g/mol. The van der Waals surface area contributed by atoms with Gasteiger partial charge < -0.3 is 9.84 Å². The number of fused-ring (bicyclic) bond motifs is 1. The van der Waals surface area contributed by atoms with Gasteiger partial charge in [-0.2, -0.15) is 0 Å². The molecule has 0 aromatic heterocycles. The molecule has 3 aliphatic rings. The molecule has 0 spiro atoms. The fourth-order valence-electron chi connectivity index (χ4n) is 3.26. The van der Waals surface area contributed by atoms with E-state index in [2.05, 4.69) is 10.5 Å². The highest BCUT2D eigenvalue weighted by atomic mass is 16.5. The number of rotatable bonds is 4. The molecule has 0 saturated heterocycles. The SMILES string of the molecule is Cc1c2ccc(=O)cc-2onc1CCNC(=O)C1CCCCC1. The minimum atomic E-state index is -0.0880. The number of hydrogen-bond acceptors (Lipinski definition) is 4. The van der Waals surface area contributed by atoms with E-state index < -0.39 is 0 Å². The van der Waals surface area contributed by atoms with Crippen LogP contribution in [0.4, 0.5) is 0 Å². The quantitative estimate of drug-likeness (QED) is 0.941. The van der Waals surface area contributed by atoms with Gasteiger partial charge in [0.05, 0.1) is 5.69 Å². The molecule has 2 aliphatic carbocycles. The van der Waals surface area contributed by atoms with Crippen molar-refractivity contribution in [3.63, 3.8) is 0 Å². The summed E-state index contributed by atoms with van der Waals surface area (Å²) in [7, 11) is 0. The van der Waals surface area contributed by atoms with Crippen LogP contribution in [-0.2, 0) is 11.2 Å². The van der Waals surface area contributed by atoms with Crippen molar-refractivity contribution < 1.29 is 9.32 Å². The van der Waals surface area contributed by atoms with Crippen molar-refractivity contribution in [3.05, 3.63) is 39.7 Å². The van der Waals surface area contributed by atoms with E-state index in [1.165, 1.54) is 18.6 Å². The van der Waals surface area contributed by atoms with Crippen molar-refractivity contribution in [2.75, 3.05) is 6.54 Å². The maximum Gasteiger partial charge on any atom is 0.223 e. The third-order valence-corrected chi connectivity index (χ3v) is 4.68. The number of aromatic nitrogens is 1. The third-order valence-electron chi connectivity index (χ3n) is 4.68. The molecule has 3 rings (SSSR count). The van der Waals surface area contributed by atoms with Crippen molar-refractivity contribution in [2.45, 2.75) is 45.4 Å². The normalized spacial score (nSPS) is 15.7. The summed E-state index contributed by atoms with van der Waals surface area (Å²) in [5.74, 6) is 0.843. The molecule has 5 nitrogen and oxygen atoms in total. The van der Waals surface area contributed by atoms with E-state index in [0.717, 1.165) is 42.5 Å². The highest BCUT2D eigenvalue weighted by Gasteiger charge is 2.21. The Morgan fingerprint density at radius 2 is 2.09 bits per heavy atom. The van der Waals surface area contributed by atoms with Gasteiger partial charge >= 0.3 is 0 Å². The van der Waals surface area contributed by atoms with Gasteiger partial charge in [0.2, 0.25) is 5.91 Å². The van der Waals surface area contributed by atoms with Crippen LogP contribution >= 0.6 is 0 Å². The molecule has 1 fully saturated rings. The second kappa shape index (κ2) is 6.94. The summed E-state index contributed by atoms with van der Waals surface area (Å²) >= 11 is 0. The Balaban J connectivity index is 1.62. The van der Waals surface area contributed by atoms with E-state index in [1.807, 2.05) is 6.92 Å². The Morgan fingerprint density at radius 1 is 1.30 bits per heavy atom. The Bertz CT molecular complexity index is 717. The highest BCUT2D eigenvalue weighted by molar-refractivity contribution is 5.78. The van der Waals surface area contributed by atoms with E-state index in [0.29, 0.717) is 18.7 Å². The van der Waals surface area contributed by atoms with E-state index in [1.54, 1.807) is 6.07 Å². The van der Waals surface area contributed by atoms with Crippen LogP contribution < -0.4 is 10.7 Å². The van der Waals surface area contributed by atoms with Crippen LogP contribution in [0.15, 0.2) is 27.5 Å². The average Bonchev–Trinajstić information content (AvgIpc) is 2.57. The molecule has 0 atom stereocenters. The molecule has 1 heterocycles. The van der Waals surface area contributed by atoms with Crippen LogP contribution in [0.2, 0.25) is 0 Å². The molecule has 0 aromatic rings. The molecule has 0 unspecified atom stereocenters. The van der Waals surface area contributed by atoms with Crippen LogP contribution in [-0.4, -0.2) is 17.6 Å². The Kier molecular flexibility index (Phi) is 4.74. The molecular weight excluding hydrogens is 292 g/mol. The van der Waals surface area contributed by atoms with Gasteiger partial charge in [-0.25, -0.2) is 0 Å². The van der Waals surface area contributed by atoms with Gasteiger partial charge in [0.15, 0.2) is 11.2 Å². The van der Waals surface area contributed by atoms with Gasteiger partial charge in [-0.3, -0.25) is 9.59 Å². The summed E-state index contributed by atoms with van der Waals surface area (Å²) in [6, 6.07) is 4.74. The van der Waals surface area contributed by atoms with Gasteiger partial charge in [0, 0.05) is 30.5 Å². The topological polar surface area (TPSA) is 72.2 Å². The van der Waals surface area contributed by atoms with Crippen molar-refractivity contribution in [1.29, 1.82) is 0 Å². The van der Waals surface area contributed by atoms with E-state index in [-0.39, 0.29) is 17.3 Å². The first-order chi connectivity index (χ1) is 11.1. The largest absolute Gasteiger partial charge is 0.356 e. The molecule has 122 valence electrons. The van der Waals surface area contributed by atoms with Gasteiger partial charge in [-0.1, -0.05) is 24.4 Å². The molecule has 0 radical (unpaired) electrons. The number of carbonyl (C=O) groups excluding carboxylic acids is 1. The summed E-state index contributed by atoms with van der Waals surface area (Å²) < 4.78 is 5.32. The van der Waals surface area contributed by atoms with Crippen LogP contribution in [0.1, 0.15) is 43.4 Å². The smallest absolute Gasteiger partial charge is 0.223 e. The molecule has 1 amide bonds. The minimum absolute atomic E-state index is 0.0880. The summed E-state index contributed by atoms with van der Waals surface area (Å²) in [6.07, 6.45) is 6.20. The van der Waals surface area contributed by atoms with Gasteiger partial charge in [0.1, 0.15) is 0 Å². The molecule has 0 bridgehead atoms. The maximum absolute atomic E-state index is 12.1. The predicted molar refractivity (Wildman–Crippen MR) is 87.4 cm³/mol. The Labute approximate surface area is 135 Å². The molecule has 1 saturated carbocycles. The lowest BCUT2D eigenvalue weighted by atomic mass is 9.88. The zero-order valence-corrected chi connectivity index (χ0v) is 13.4. The van der Waals surface area contributed by atoms with E-state index >= 15 is 0 Å². The summed E-state index contributed by atoms with van der Waals surface area (Å²) in [5, 5.41) is 7.11. The monoisotopic (exact) mass is 314 g/mol. The van der Waals surface area contributed by atoms with Gasteiger partial charge in [0.25, 0.3) is 0 Å². The first-order valence-electron chi connectivity index (χ1n) is 8.32. The highest BCUT2D eigenvalue weighted by Crippen LogP contribution is 2.25. The second-order valence-corrected chi connectivity index (χ2v) is 6.29. The van der Waals surface area contributed by atoms with E-state index in [9.17, 15) is 9.59 Å². The number of carbonyl (C=O) groups is 1. The standard InChI is InChI=1S/C18H22N2O3/c1-12-15-8-7-14(21)11-17(15)23-20-16(12)9-10-19-18(22)13-5-3-2-4-6-13/h7-8,11,13H,2-6,9-10H2,1H3,(H,19,22). The van der Waals surface area contributed by atoms with Crippen LogP contribution in [0.25, 0.3) is 11.3 Å². The summed E-state index contributed by atoms with van der Waals surface area (Å²) in [5.41, 5.74) is 2.63. The van der Waals surface area contributed by atoms with Crippen molar-refractivity contribution in [1.82, 2.24) is 10.5 Å². The van der Waals surface area contributed by atoms with Gasteiger partial charge in [-0.15, -0.1) is 0 Å². The molecule has 5 heteroatoms. The minimum Gasteiger partial charge on any atom is -0.356 e. The van der Waals surface area contributed by atoms with Crippen molar-refractivity contribution >= 4 is 5.91 Å². The zero-order chi connectivity index (χ0) is 16.2. The van der Waals surface area contributed by atoms with Crippen molar-refractivity contribution in [3.8, 4) is 11.3 Å². The maximum atomic E-state index is 12.1. The third kappa shape index (κ3) is 3.60. The van der Waals surface area contributed by atoms with Crippen molar-refractivity contribution in [2.24, 2.45) is 5.92 Å². The summed E-state index contributed by atoms with van der Waals surface area (Å²) in [4.78, 5) is 23.5. The number of nitrogens with one attached hydrogen (secondary N) is 1. The molecule has 0 aromatic carbocycles. The lowest BCUT2D eigenvalue weighted by molar-refractivity contribution is -0.125. The van der Waals surface area contributed by atoms with E-state index in [4.69, 9.17) is 4.52 Å².